The van der Waals surface area contributed by atoms with Gasteiger partial charge in [-0.3, -0.25) is 4.90 Å². The fourth-order valence-electron chi connectivity index (χ4n) is 3.74. The Morgan fingerprint density at radius 2 is 1.95 bits per heavy atom. The number of nitrogens with zero attached hydrogens (tertiary/aromatic N) is 1. The molecular formula is C18H30N2. The number of likely N-dealkylation sites (tertiary alicyclic amines) is 1. The van der Waals surface area contributed by atoms with Crippen LogP contribution in [0.1, 0.15) is 55.8 Å². The smallest absolute Gasteiger partial charge is 0.0473 e. The number of hydrogen-bond acceptors (Lipinski definition) is 2. The lowest BCUT2D eigenvalue weighted by molar-refractivity contribution is 0.197. The van der Waals surface area contributed by atoms with E-state index in [1.54, 1.807) is 0 Å². The van der Waals surface area contributed by atoms with Crippen molar-refractivity contribution in [1.82, 2.24) is 4.90 Å². The number of benzene rings is 1. The third-order valence-electron chi connectivity index (χ3n) is 5.42. The van der Waals surface area contributed by atoms with Crippen LogP contribution in [-0.4, -0.2) is 24.5 Å². The molecule has 20 heavy (non-hydrogen) atoms. The molecule has 0 saturated carbocycles. The van der Waals surface area contributed by atoms with Crippen molar-refractivity contribution in [2.45, 2.75) is 53.0 Å². The van der Waals surface area contributed by atoms with Crippen LogP contribution in [0.3, 0.4) is 0 Å². The molecular weight excluding hydrogens is 244 g/mol. The molecule has 1 aliphatic rings. The normalized spacial score (nSPS) is 20.2. The molecule has 2 N–H and O–H groups in total. The van der Waals surface area contributed by atoms with Crippen molar-refractivity contribution in [2.75, 3.05) is 19.6 Å². The zero-order chi connectivity index (χ0) is 14.8. The van der Waals surface area contributed by atoms with Gasteiger partial charge < -0.3 is 5.73 Å². The lowest BCUT2D eigenvalue weighted by Gasteiger charge is -2.31. The fourth-order valence-corrected chi connectivity index (χ4v) is 3.74. The average molecular weight is 274 g/mol. The number of nitrogens with two attached hydrogens (primary N) is 1. The molecule has 1 unspecified atom stereocenters. The summed E-state index contributed by atoms with van der Waals surface area (Å²) in [6, 6.07) is 7.16. The van der Waals surface area contributed by atoms with Crippen LogP contribution in [0, 0.1) is 19.3 Å². The predicted octanol–water partition coefficient (Wildman–Crippen LogP) is 3.82. The minimum atomic E-state index is 0.385. The van der Waals surface area contributed by atoms with Gasteiger partial charge in [-0.05, 0) is 56.2 Å². The first-order valence-corrected chi connectivity index (χ1v) is 8.06. The van der Waals surface area contributed by atoms with E-state index < -0.39 is 0 Å². The van der Waals surface area contributed by atoms with Crippen LogP contribution in [0.5, 0.6) is 0 Å². The third-order valence-corrected chi connectivity index (χ3v) is 5.42. The van der Waals surface area contributed by atoms with Crippen LogP contribution in [0.25, 0.3) is 0 Å². The summed E-state index contributed by atoms with van der Waals surface area (Å²) < 4.78 is 0. The lowest BCUT2D eigenvalue weighted by atomic mass is 9.82. The Hall–Kier alpha value is -0.860. The molecule has 0 radical (unpaired) electrons. The van der Waals surface area contributed by atoms with Gasteiger partial charge in [-0.15, -0.1) is 0 Å². The van der Waals surface area contributed by atoms with E-state index in [9.17, 15) is 0 Å². The first-order valence-electron chi connectivity index (χ1n) is 8.06. The van der Waals surface area contributed by atoms with Crippen molar-refractivity contribution < 1.29 is 0 Å². The number of hydrogen-bond donors (Lipinski definition) is 1. The summed E-state index contributed by atoms with van der Waals surface area (Å²) >= 11 is 0. The monoisotopic (exact) mass is 274 g/mol. The highest BCUT2D eigenvalue weighted by molar-refractivity contribution is 5.33. The van der Waals surface area contributed by atoms with Crippen LogP contribution in [0.2, 0.25) is 0 Å². The minimum absolute atomic E-state index is 0.385. The van der Waals surface area contributed by atoms with E-state index in [1.165, 1.54) is 49.0 Å². The first-order chi connectivity index (χ1) is 9.55. The molecule has 1 heterocycles. The predicted molar refractivity (Wildman–Crippen MR) is 86.9 cm³/mol. The van der Waals surface area contributed by atoms with Gasteiger partial charge in [0.2, 0.25) is 0 Å². The standard InChI is InChI=1S/C18H30N2/c1-5-18(6-2)9-10-20(13-18)17(12-19)16-8-7-14(3)11-15(16)4/h7-8,11,17H,5-6,9-10,12-13,19H2,1-4H3. The Morgan fingerprint density at radius 1 is 1.25 bits per heavy atom. The van der Waals surface area contributed by atoms with E-state index in [4.69, 9.17) is 5.73 Å². The molecule has 1 aromatic rings. The molecule has 1 aliphatic heterocycles. The molecule has 0 aromatic heterocycles. The summed E-state index contributed by atoms with van der Waals surface area (Å²) in [5.41, 5.74) is 10.8. The van der Waals surface area contributed by atoms with Gasteiger partial charge in [-0.1, -0.05) is 37.6 Å². The summed E-state index contributed by atoms with van der Waals surface area (Å²) in [4.78, 5) is 2.62. The molecule has 2 rings (SSSR count). The van der Waals surface area contributed by atoms with Crippen molar-refractivity contribution in [2.24, 2.45) is 11.1 Å². The van der Waals surface area contributed by atoms with Crippen molar-refractivity contribution >= 4 is 0 Å². The molecule has 0 aliphatic carbocycles. The maximum absolute atomic E-state index is 6.12. The summed E-state index contributed by atoms with van der Waals surface area (Å²) in [6.07, 6.45) is 3.88. The molecule has 0 amide bonds. The summed E-state index contributed by atoms with van der Waals surface area (Å²) in [7, 11) is 0. The fraction of sp³-hybridized carbons (Fsp3) is 0.667. The topological polar surface area (TPSA) is 29.3 Å². The first kappa shape index (κ1) is 15.5. The van der Waals surface area contributed by atoms with Crippen molar-refractivity contribution in [3.63, 3.8) is 0 Å². The maximum atomic E-state index is 6.12. The Balaban J connectivity index is 2.21. The second-order valence-corrected chi connectivity index (χ2v) is 6.54. The second kappa shape index (κ2) is 6.28. The molecule has 2 nitrogen and oxygen atoms in total. The van der Waals surface area contributed by atoms with Gasteiger partial charge in [0.15, 0.2) is 0 Å². The van der Waals surface area contributed by atoms with Crippen molar-refractivity contribution in [3.8, 4) is 0 Å². The second-order valence-electron chi connectivity index (χ2n) is 6.54. The molecule has 1 saturated heterocycles. The molecule has 2 heteroatoms. The van der Waals surface area contributed by atoms with Crippen LogP contribution in [0.4, 0.5) is 0 Å². The number of aryl methyl sites for hydroxylation is 2. The van der Waals surface area contributed by atoms with E-state index in [0.717, 1.165) is 0 Å². The Kier molecular flexibility index (Phi) is 4.87. The summed E-state index contributed by atoms with van der Waals surface area (Å²) in [5, 5.41) is 0. The van der Waals surface area contributed by atoms with E-state index in [1.807, 2.05) is 0 Å². The number of rotatable bonds is 5. The molecule has 0 bridgehead atoms. The van der Waals surface area contributed by atoms with E-state index in [0.29, 0.717) is 18.0 Å². The van der Waals surface area contributed by atoms with Gasteiger partial charge in [0.25, 0.3) is 0 Å². The summed E-state index contributed by atoms with van der Waals surface area (Å²) in [5.74, 6) is 0. The zero-order valence-corrected chi connectivity index (χ0v) is 13.6. The highest BCUT2D eigenvalue weighted by Crippen LogP contribution is 2.40. The van der Waals surface area contributed by atoms with Gasteiger partial charge >= 0.3 is 0 Å². The zero-order valence-electron chi connectivity index (χ0n) is 13.6. The van der Waals surface area contributed by atoms with Gasteiger partial charge in [0, 0.05) is 19.1 Å². The maximum Gasteiger partial charge on any atom is 0.0473 e. The molecule has 112 valence electrons. The third kappa shape index (κ3) is 2.91. The van der Waals surface area contributed by atoms with Crippen LogP contribution >= 0.6 is 0 Å². The van der Waals surface area contributed by atoms with Crippen molar-refractivity contribution in [1.29, 1.82) is 0 Å². The van der Waals surface area contributed by atoms with Gasteiger partial charge in [0.1, 0.15) is 0 Å². The largest absolute Gasteiger partial charge is 0.329 e. The van der Waals surface area contributed by atoms with Crippen molar-refractivity contribution in [3.05, 3.63) is 34.9 Å². The van der Waals surface area contributed by atoms with Crippen LogP contribution in [-0.2, 0) is 0 Å². The van der Waals surface area contributed by atoms with Crippen LogP contribution < -0.4 is 5.73 Å². The van der Waals surface area contributed by atoms with Gasteiger partial charge in [-0.2, -0.15) is 0 Å². The van der Waals surface area contributed by atoms with Crippen LogP contribution in [0.15, 0.2) is 18.2 Å². The Bertz CT molecular complexity index is 449. The Labute approximate surface area is 124 Å². The SMILES string of the molecule is CCC1(CC)CCN(C(CN)c2ccc(C)cc2C)C1. The lowest BCUT2D eigenvalue weighted by Crippen LogP contribution is -2.34. The highest BCUT2D eigenvalue weighted by atomic mass is 15.2. The molecule has 1 fully saturated rings. The highest BCUT2D eigenvalue weighted by Gasteiger charge is 2.37. The molecule has 1 aromatic carbocycles. The molecule has 0 spiro atoms. The summed E-state index contributed by atoms with van der Waals surface area (Å²) in [6.45, 7) is 12.2. The van der Waals surface area contributed by atoms with Gasteiger partial charge in [-0.25, -0.2) is 0 Å². The van der Waals surface area contributed by atoms with E-state index >= 15 is 0 Å². The quantitative estimate of drug-likeness (QED) is 0.884. The minimum Gasteiger partial charge on any atom is -0.329 e. The van der Waals surface area contributed by atoms with Gasteiger partial charge in [0.05, 0.1) is 0 Å². The van der Waals surface area contributed by atoms with E-state index in [-0.39, 0.29) is 0 Å². The average Bonchev–Trinajstić information content (AvgIpc) is 2.87. The molecule has 1 atom stereocenters. The Morgan fingerprint density at radius 3 is 2.45 bits per heavy atom. The van der Waals surface area contributed by atoms with E-state index in [2.05, 4.69) is 50.8 Å².